The maximum Gasteiger partial charge on any atom is 0.0643 e. The topological polar surface area (TPSA) is 3.24 Å². The monoisotopic (exact) mass is 566 g/mol. The molecule has 2 heterocycles. The number of anilines is 3. The summed E-state index contributed by atoms with van der Waals surface area (Å²) in [5.74, 6) is 0. The molecule has 0 aromatic heterocycles. The first kappa shape index (κ1) is 21.1. The van der Waals surface area contributed by atoms with Crippen molar-refractivity contribution in [1.82, 2.24) is 0 Å². The number of nitrogens with zero attached hydrogens (tertiary/aromatic N) is 1. The number of fused-ring (bicyclic) bond motifs is 4. The first-order chi connectivity index (χ1) is 19.5. The second-order valence-electron chi connectivity index (χ2n) is 10.1. The lowest BCUT2D eigenvalue weighted by molar-refractivity contribution is 1.29. The van der Waals surface area contributed by atoms with E-state index in [0.29, 0.717) is 5.56 Å². The summed E-state index contributed by atoms with van der Waals surface area (Å²) >= 11 is 13.7. The van der Waals surface area contributed by atoms with Gasteiger partial charge in [0, 0.05) is 37.4 Å². The van der Waals surface area contributed by atoms with Crippen molar-refractivity contribution in [1.29, 1.82) is 0 Å². The zero-order chi connectivity index (χ0) is 28.7. The fourth-order valence-corrected chi connectivity index (χ4v) is 14.8. The first-order valence-electron chi connectivity index (χ1n) is 14.1. The van der Waals surface area contributed by atoms with Gasteiger partial charge >= 0.3 is 0 Å². The molecule has 5 aromatic rings. The average Bonchev–Trinajstić information content (AvgIpc) is 2.97. The van der Waals surface area contributed by atoms with Crippen LogP contribution in [0, 0.1) is 20.7 Å². The lowest BCUT2D eigenvalue weighted by Gasteiger charge is -2.47. The largest absolute Gasteiger partial charge is 0.308 e. The van der Waals surface area contributed by atoms with Gasteiger partial charge in [-0.3, -0.25) is 0 Å². The maximum absolute atomic E-state index is 8.22. The second-order valence-corrected chi connectivity index (χ2v) is 18.8. The van der Waals surface area contributed by atoms with Crippen LogP contribution in [0.25, 0.3) is 0 Å². The lowest BCUT2D eigenvalue weighted by Crippen LogP contribution is -2.46. The summed E-state index contributed by atoms with van der Waals surface area (Å²) in [4.78, 5) is 2.32. The molecular formula is C33H27NP2S2. The van der Waals surface area contributed by atoms with Gasteiger partial charge in [-0.1, -0.05) is 108 Å². The van der Waals surface area contributed by atoms with Crippen LogP contribution in [0.15, 0.2) is 109 Å². The molecule has 2 aliphatic heterocycles. The van der Waals surface area contributed by atoms with Crippen molar-refractivity contribution in [2.24, 2.45) is 0 Å². The van der Waals surface area contributed by atoms with Gasteiger partial charge in [-0.15, -0.1) is 0 Å². The Bertz CT molecular complexity index is 1970. The van der Waals surface area contributed by atoms with Crippen molar-refractivity contribution in [3.8, 4) is 0 Å². The molecule has 0 aliphatic carbocycles. The van der Waals surface area contributed by atoms with E-state index in [1.165, 1.54) is 0 Å². The van der Waals surface area contributed by atoms with Crippen molar-refractivity contribution in [2.75, 3.05) is 4.90 Å². The molecule has 2 aliphatic rings. The molecule has 7 rings (SSSR count). The highest BCUT2D eigenvalue weighted by Gasteiger charge is 2.46. The molecule has 2 atom stereocenters. The molecule has 1 nitrogen and oxygen atoms in total. The van der Waals surface area contributed by atoms with Gasteiger partial charge in [0.05, 0.1) is 17.1 Å². The van der Waals surface area contributed by atoms with Gasteiger partial charge in [0.25, 0.3) is 0 Å². The molecule has 0 saturated heterocycles. The van der Waals surface area contributed by atoms with Crippen molar-refractivity contribution in [3.05, 3.63) is 126 Å². The van der Waals surface area contributed by atoms with Gasteiger partial charge in [-0.05, 0) is 73.3 Å². The van der Waals surface area contributed by atoms with Gasteiger partial charge in [0.1, 0.15) is 0 Å². The summed E-state index contributed by atoms with van der Waals surface area (Å²) in [5, 5.41) is 6.52. The minimum absolute atomic E-state index is 0.313. The van der Waals surface area contributed by atoms with Crippen LogP contribution in [0.1, 0.15) is 20.8 Å². The molecular weight excluding hydrogens is 536 g/mol. The molecule has 0 fully saturated rings. The van der Waals surface area contributed by atoms with E-state index in [9.17, 15) is 0 Å². The van der Waals surface area contributed by atoms with Crippen molar-refractivity contribution < 1.29 is 4.11 Å². The SMILES string of the molecule is [2H]C([2H])([2H])c1ccc2c(c1)P(=S)(c1ccccc1)c1cc(C)cc3c1N2c1ccc(C)cc1P3(=S)c1ccccc1. The summed E-state index contributed by atoms with van der Waals surface area (Å²) < 4.78 is 24.7. The molecule has 186 valence electrons. The third kappa shape index (κ3) is 3.23. The summed E-state index contributed by atoms with van der Waals surface area (Å²) in [6.07, 6.45) is 0. The van der Waals surface area contributed by atoms with Crippen LogP contribution < -0.4 is 36.7 Å². The molecule has 0 radical (unpaired) electrons. The van der Waals surface area contributed by atoms with Crippen LogP contribution in [0.4, 0.5) is 17.1 Å². The molecule has 0 saturated carbocycles. The molecule has 2 unspecified atom stereocenters. The molecule has 5 heteroatoms. The lowest BCUT2D eigenvalue weighted by atomic mass is 10.1. The molecule has 0 spiro atoms. The van der Waals surface area contributed by atoms with E-state index in [0.717, 1.165) is 60.0 Å². The van der Waals surface area contributed by atoms with E-state index in [2.05, 4.69) is 85.5 Å². The molecule has 0 N–H and O–H groups in total. The average molecular weight is 567 g/mol. The van der Waals surface area contributed by atoms with Crippen LogP contribution in [0.3, 0.4) is 0 Å². The van der Waals surface area contributed by atoms with Crippen LogP contribution in [0.5, 0.6) is 0 Å². The summed E-state index contributed by atoms with van der Waals surface area (Å²) in [5.41, 5.74) is 5.67. The molecule has 0 bridgehead atoms. The fourth-order valence-electron chi connectivity index (χ4n) is 5.95. The van der Waals surface area contributed by atoms with Gasteiger partial charge < -0.3 is 4.90 Å². The highest BCUT2D eigenvalue weighted by molar-refractivity contribution is 8.27. The number of hydrogen-bond acceptors (Lipinski definition) is 3. The van der Waals surface area contributed by atoms with Gasteiger partial charge in [-0.2, -0.15) is 0 Å². The zero-order valence-corrected chi connectivity index (χ0v) is 24.5. The quantitative estimate of drug-likeness (QED) is 0.229. The highest BCUT2D eigenvalue weighted by Crippen LogP contribution is 2.60. The molecule has 5 aromatic carbocycles. The van der Waals surface area contributed by atoms with Gasteiger partial charge in [0.2, 0.25) is 0 Å². The standard InChI is InChI=1S/C33H27NP2S2/c1-22-14-16-27-29(18-22)35(37,25-10-6-4-7-11-25)31-20-24(3)21-32-33(31)34(27)28-17-15-23(2)19-30(28)36(32,38)26-12-8-5-9-13-26/h4-21H,1-3H3/i1D3. The van der Waals surface area contributed by atoms with E-state index >= 15 is 0 Å². The Hall–Kier alpha value is -2.80. The Morgan fingerprint density at radius 1 is 0.553 bits per heavy atom. The number of hydrogen-bond donors (Lipinski definition) is 0. The van der Waals surface area contributed by atoms with E-state index in [-0.39, 0.29) is 0 Å². The zero-order valence-electron chi connectivity index (χ0n) is 24.1. The fraction of sp³-hybridized carbons (Fsp3) is 0.0909. The predicted molar refractivity (Wildman–Crippen MR) is 175 cm³/mol. The smallest absolute Gasteiger partial charge is 0.0643 e. The van der Waals surface area contributed by atoms with E-state index < -0.39 is 18.9 Å². The molecule has 38 heavy (non-hydrogen) atoms. The van der Waals surface area contributed by atoms with Crippen LogP contribution >= 0.6 is 12.1 Å². The Labute approximate surface area is 239 Å². The number of aryl methyl sites for hydroxylation is 3. The minimum Gasteiger partial charge on any atom is -0.308 e. The summed E-state index contributed by atoms with van der Waals surface area (Å²) in [6.45, 7) is 2.00. The normalized spacial score (nSPS) is 22.4. The Morgan fingerprint density at radius 2 is 1.00 bits per heavy atom. The minimum atomic E-state index is -2.67. The third-order valence-corrected chi connectivity index (χ3v) is 17.4. The number of benzene rings is 5. The van der Waals surface area contributed by atoms with E-state index in [1.807, 2.05) is 36.4 Å². The third-order valence-electron chi connectivity index (χ3n) is 7.62. The van der Waals surface area contributed by atoms with E-state index in [4.69, 9.17) is 27.7 Å². The van der Waals surface area contributed by atoms with Gasteiger partial charge in [0.15, 0.2) is 0 Å². The van der Waals surface area contributed by atoms with Crippen LogP contribution in [0.2, 0.25) is 0 Å². The van der Waals surface area contributed by atoms with Crippen molar-refractivity contribution >= 4 is 84.6 Å². The summed E-state index contributed by atoms with van der Waals surface area (Å²) in [7, 11) is 0. The van der Waals surface area contributed by atoms with Crippen LogP contribution in [-0.2, 0) is 23.6 Å². The van der Waals surface area contributed by atoms with Crippen molar-refractivity contribution in [3.63, 3.8) is 0 Å². The predicted octanol–water partition coefficient (Wildman–Crippen LogP) is 6.22. The van der Waals surface area contributed by atoms with Gasteiger partial charge in [-0.25, -0.2) is 0 Å². The maximum atomic E-state index is 8.22. The Kier molecular flexibility index (Phi) is 4.77. The van der Waals surface area contributed by atoms with E-state index in [1.54, 1.807) is 6.07 Å². The molecule has 0 amide bonds. The second kappa shape index (κ2) is 8.60. The Morgan fingerprint density at radius 3 is 1.50 bits per heavy atom. The van der Waals surface area contributed by atoms with Crippen LogP contribution in [-0.4, -0.2) is 0 Å². The highest BCUT2D eigenvalue weighted by atomic mass is 32.4. The summed E-state index contributed by atoms with van der Waals surface area (Å²) in [6, 6.07) is 32.3. The van der Waals surface area contributed by atoms with Crippen molar-refractivity contribution in [2.45, 2.75) is 20.7 Å². The number of rotatable bonds is 2. The Balaban J connectivity index is 1.68. The first-order valence-corrected chi connectivity index (χ1v) is 18.2.